The molecule has 1 heterocycles. The summed E-state index contributed by atoms with van der Waals surface area (Å²) in [5.41, 5.74) is 1.99. The van der Waals surface area contributed by atoms with E-state index in [4.69, 9.17) is 0 Å². The molecule has 0 aliphatic heterocycles. The van der Waals surface area contributed by atoms with E-state index < -0.39 is 12.1 Å². The zero-order chi connectivity index (χ0) is 16.4. The lowest BCUT2D eigenvalue weighted by Gasteiger charge is -2.21. The van der Waals surface area contributed by atoms with Gasteiger partial charge in [0.1, 0.15) is 0 Å². The van der Waals surface area contributed by atoms with E-state index in [0.717, 1.165) is 11.1 Å². The van der Waals surface area contributed by atoms with Crippen molar-refractivity contribution in [2.75, 3.05) is 13.6 Å². The monoisotopic (exact) mass is 330 g/mol. The minimum atomic E-state index is -0.630. The fourth-order valence-electron chi connectivity index (χ4n) is 2.84. The van der Waals surface area contributed by atoms with Gasteiger partial charge in [-0.3, -0.25) is 9.59 Å². The molecule has 0 spiro atoms. The van der Waals surface area contributed by atoms with Crippen molar-refractivity contribution in [3.63, 3.8) is 0 Å². The first-order valence-electron chi connectivity index (χ1n) is 7.40. The number of nitrogens with zero attached hydrogens (tertiary/aromatic N) is 1. The normalized spacial score (nSPS) is 19.2. The van der Waals surface area contributed by atoms with E-state index in [9.17, 15) is 14.7 Å². The van der Waals surface area contributed by atoms with Crippen LogP contribution in [0.5, 0.6) is 0 Å². The van der Waals surface area contributed by atoms with Gasteiger partial charge in [-0.15, -0.1) is 11.3 Å². The molecule has 2 aromatic rings. The van der Waals surface area contributed by atoms with E-state index >= 15 is 0 Å². The van der Waals surface area contributed by atoms with E-state index in [-0.39, 0.29) is 18.4 Å². The van der Waals surface area contributed by atoms with Crippen LogP contribution in [0, 0.1) is 0 Å². The molecule has 0 saturated carbocycles. The first kappa shape index (κ1) is 15.7. The van der Waals surface area contributed by atoms with Crippen molar-refractivity contribution in [2.45, 2.75) is 18.6 Å². The number of likely N-dealkylation sites (N-methyl/N-ethyl adjacent to an activating group) is 1. The number of amides is 2. The molecule has 6 heteroatoms. The summed E-state index contributed by atoms with van der Waals surface area (Å²) in [6, 6.07) is 10.8. The first-order chi connectivity index (χ1) is 11.1. The zero-order valence-electron chi connectivity index (χ0n) is 12.7. The van der Waals surface area contributed by atoms with Crippen LogP contribution in [0.25, 0.3) is 0 Å². The van der Waals surface area contributed by atoms with Gasteiger partial charge in [0, 0.05) is 13.5 Å². The summed E-state index contributed by atoms with van der Waals surface area (Å²) in [6.07, 6.45) is -0.0971. The Morgan fingerprint density at radius 3 is 2.83 bits per heavy atom. The van der Waals surface area contributed by atoms with Crippen LogP contribution in [0.1, 0.15) is 26.8 Å². The van der Waals surface area contributed by atoms with Gasteiger partial charge in [0.25, 0.3) is 5.91 Å². The van der Waals surface area contributed by atoms with Crippen LogP contribution in [0.15, 0.2) is 41.8 Å². The Bertz CT molecular complexity index is 714. The second-order valence-electron chi connectivity index (χ2n) is 5.65. The minimum Gasteiger partial charge on any atom is -0.390 e. The molecular formula is C17H18N2O3S. The molecule has 3 rings (SSSR count). The summed E-state index contributed by atoms with van der Waals surface area (Å²) >= 11 is 1.35. The van der Waals surface area contributed by atoms with Crippen molar-refractivity contribution in [3.8, 4) is 0 Å². The van der Waals surface area contributed by atoms with Crippen molar-refractivity contribution in [2.24, 2.45) is 0 Å². The predicted molar refractivity (Wildman–Crippen MR) is 88.3 cm³/mol. The Morgan fingerprint density at radius 1 is 1.30 bits per heavy atom. The van der Waals surface area contributed by atoms with Crippen LogP contribution in [-0.2, 0) is 11.2 Å². The van der Waals surface area contributed by atoms with Crippen molar-refractivity contribution in [1.29, 1.82) is 0 Å². The quantitative estimate of drug-likeness (QED) is 0.894. The standard InChI is InChI=1S/C17H18N2O3S/c1-19(17(22)14-7-4-8-23-14)10-15(21)18-16-12-6-3-2-5-11(12)9-13(16)20/h2-8,13,16,20H,9-10H2,1H3,(H,18,21). The number of fused-ring (bicyclic) bond motifs is 1. The minimum absolute atomic E-state index is 0.0396. The Kier molecular flexibility index (Phi) is 4.45. The van der Waals surface area contributed by atoms with Gasteiger partial charge < -0.3 is 15.3 Å². The number of hydrogen-bond donors (Lipinski definition) is 2. The molecule has 0 saturated heterocycles. The lowest BCUT2D eigenvalue weighted by molar-refractivity contribution is -0.123. The lowest BCUT2D eigenvalue weighted by atomic mass is 10.1. The molecule has 2 unspecified atom stereocenters. The molecule has 1 aromatic heterocycles. The average molecular weight is 330 g/mol. The van der Waals surface area contributed by atoms with Crippen LogP contribution in [0.3, 0.4) is 0 Å². The highest BCUT2D eigenvalue weighted by Crippen LogP contribution is 2.31. The Labute approximate surface area is 138 Å². The molecule has 1 aliphatic rings. The topological polar surface area (TPSA) is 69.6 Å². The first-order valence-corrected chi connectivity index (χ1v) is 8.28. The Balaban J connectivity index is 1.63. The number of nitrogens with one attached hydrogen (secondary N) is 1. The lowest BCUT2D eigenvalue weighted by Crippen LogP contribution is -2.41. The smallest absolute Gasteiger partial charge is 0.264 e. The highest BCUT2D eigenvalue weighted by Gasteiger charge is 2.32. The van der Waals surface area contributed by atoms with Crippen molar-refractivity contribution < 1.29 is 14.7 Å². The average Bonchev–Trinajstić information content (AvgIpc) is 3.15. The molecule has 2 N–H and O–H groups in total. The van der Waals surface area contributed by atoms with Crippen molar-refractivity contribution >= 4 is 23.2 Å². The Morgan fingerprint density at radius 2 is 2.09 bits per heavy atom. The fraction of sp³-hybridized carbons (Fsp3) is 0.294. The van der Waals surface area contributed by atoms with Gasteiger partial charge in [-0.05, 0) is 22.6 Å². The number of aliphatic hydroxyl groups is 1. The number of aliphatic hydroxyl groups excluding tert-OH is 1. The maximum atomic E-state index is 12.2. The zero-order valence-corrected chi connectivity index (χ0v) is 13.5. The van der Waals surface area contributed by atoms with Crippen molar-refractivity contribution in [1.82, 2.24) is 10.2 Å². The predicted octanol–water partition coefficient (Wildman–Crippen LogP) is 1.59. The number of carbonyl (C=O) groups is 2. The molecule has 120 valence electrons. The van der Waals surface area contributed by atoms with E-state index in [1.807, 2.05) is 29.6 Å². The molecule has 0 bridgehead atoms. The SMILES string of the molecule is CN(CC(=O)NC1c2ccccc2CC1O)C(=O)c1cccs1. The molecule has 2 atom stereocenters. The van der Waals surface area contributed by atoms with Gasteiger partial charge >= 0.3 is 0 Å². The summed E-state index contributed by atoms with van der Waals surface area (Å²) in [4.78, 5) is 26.4. The van der Waals surface area contributed by atoms with Gasteiger partial charge in [0.05, 0.1) is 23.6 Å². The van der Waals surface area contributed by atoms with Crippen LogP contribution in [0.2, 0.25) is 0 Å². The summed E-state index contributed by atoms with van der Waals surface area (Å²) in [5, 5.41) is 14.8. The van der Waals surface area contributed by atoms with Gasteiger partial charge in [-0.1, -0.05) is 30.3 Å². The maximum absolute atomic E-state index is 12.2. The largest absolute Gasteiger partial charge is 0.390 e. The van der Waals surface area contributed by atoms with Gasteiger partial charge in [-0.2, -0.15) is 0 Å². The maximum Gasteiger partial charge on any atom is 0.264 e. The van der Waals surface area contributed by atoms with Crippen LogP contribution in [0.4, 0.5) is 0 Å². The summed E-state index contributed by atoms with van der Waals surface area (Å²) in [6.45, 7) is -0.0396. The van der Waals surface area contributed by atoms with Crippen LogP contribution in [-0.4, -0.2) is 41.5 Å². The molecule has 0 radical (unpaired) electrons. The molecule has 2 amide bonds. The molecule has 1 aliphatic carbocycles. The molecule has 1 aromatic carbocycles. The summed E-state index contributed by atoms with van der Waals surface area (Å²) < 4.78 is 0. The highest BCUT2D eigenvalue weighted by molar-refractivity contribution is 7.12. The number of thiophene rings is 1. The summed E-state index contributed by atoms with van der Waals surface area (Å²) in [5.74, 6) is -0.458. The molecular weight excluding hydrogens is 312 g/mol. The molecule has 0 fully saturated rings. The third-order valence-electron chi connectivity index (χ3n) is 3.98. The molecule has 23 heavy (non-hydrogen) atoms. The van der Waals surface area contributed by atoms with E-state index in [2.05, 4.69) is 5.32 Å². The van der Waals surface area contributed by atoms with Crippen LogP contribution < -0.4 is 5.32 Å². The third kappa shape index (κ3) is 3.28. The van der Waals surface area contributed by atoms with Crippen LogP contribution >= 0.6 is 11.3 Å². The second-order valence-corrected chi connectivity index (χ2v) is 6.60. The number of rotatable bonds is 4. The molecule has 5 nitrogen and oxygen atoms in total. The number of hydrogen-bond acceptors (Lipinski definition) is 4. The second kappa shape index (κ2) is 6.52. The van der Waals surface area contributed by atoms with E-state index in [1.165, 1.54) is 16.2 Å². The van der Waals surface area contributed by atoms with E-state index in [1.54, 1.807) is 19.2 Å². The number of carbonyl (C=O) groups excluding carboxylic acids is 2. The van der Waals surface area contributed by atoms with E-state index in [0.29, 0.717) is 11.3 Å². The van der Waals surface area contributed by atoms with Gasteiger partial charge in [-0.25, -0.2) is 0 Å². The third-order valence-corrected chi connectivity index (χ3v) is 4.84. The summed E-state index contributed by atoms with van der Waals surface area (Å²) in [7, 11) is 1.60. The van der Waals surface area contributed by atoms with Crippen molar-refractivity contribution in [3.05, 3.63) is 57.8 Å². The fourth-order valence-corrected chi connectivity index (χ4v) is 3.56. The highest BCUT2D eigenvalue weighted by atomic mass is 32.1. The van der Waals surface area contributed by atoms with Gasteiger partial charge in [0.2, 0.25) is 5.91 Å². The van der Waals surface area contributed by atoms with Gasteiger partial charge in [0.15, 0.2) is 0 Å². The Hall–Kier alpha value is -2.18. The number of benzene rings is 1.